The fraction of sp³-hybridized carbons (Fsp3) is 0. The van der Waals surface area contributed by atoms with E-state index in [-0.39, 0.29) is 5.11 Å². The van der Waals surface area contributed by atoms with Crippen LogP contribution in [-0.2, 0) is 0 Å². The summed E-state index contributed by atoms with van der Waals surface area (Å²) in [6.45, 7) is 0. The van der Waals surface area contributed by atoms with Gasteiger partial charge in [-0.1, -0.05) is 24.3 Å². The molecule has 1 aromatic heterocycles. The van der Waals surface area contributed by atoms with Gasteiger partial charge < -0.3 is 11.1 Å². The second-order valence-corrected chi connectivity index (χ2v) is 4.55. The number of thiocarbonyl (C=S) groups is 1. The van der Waals surface area contributed by atoms with Crippen LogP contribution in [0.25, 0.3) is 16.7 Å². The molecule has 0 bridgehead atoms. The van der Waals surface area contributed by atoms with Crippen molar-refractivity contribution in [2.45, 2.75) is 0 Å². The number of anilines is 1. The molecule has 2 aromatic carbocycles. The maximum atomic E-state index is 5.55. The van der Waals surface area contributed by atoms with E-state index < -0.39 is 0 Å². The number of nitrogens with two attached hydrogens (primary N) is 1. The van der Waals surface area contributed by atoms with Crippen molar-refractivity contribution in [2.75, 3.05) is 5.32 Å². The highest BCUT2D eigenvalue weighted by atomic mass is 32.1. The second-order valence-electron chi connectivity index (χ2n) is 4.11. The molecular weight excluding hydrogens is 256 g/mol. The van der Waals surface area contributed by atoms with Crippen LogP contribution in [-0.4, -0.2) is 14.7 Å². The van der Waals surface area contributed by atoms with Crippen molar-refractivity contribution in [1.29, 1.82) is 0 Å². The number of hydrogen-bond donors (Lipinski definition) is 2. The lowest BCUT2D eigenvalue weighted by Gasteiger charge is -2.12. The number of fused-ring (bicyclic) bond motifs is 1. The SMILES string of the molecule is NC(=S)Nc1ccccc1-n1cnc2ccccc21. The smallest absolute Gasteiger partial charge is 0.168 e. The van der Waals surface area contributed by atoms with E-state index in [4.69, 9.17) is 18.0 Å². The summed E-state index contributed by atoms with van der Waals surface area (Å²) in [6, 6.07) is 15.8. The summed E-state index contributed by atoms with van der Waals surface area (Å²) in [6.07, 6.45) is 1.80. The molecule has 5 heteroatoms. The Labute approximate surface area is 115 Å². The van der Waals surface area contributed by atoms with Crippen LogP contribution in [0, 0.1) is 0 Å². The zero-order valence-corrected chi connectivity index (χ0v) is 10.9. The van der Waals surface area contributed by atoms with E-state index in [1.807, 2.05) is 53.1 Å². The highest BCUT2D eigenvalue weighted by Crippen LogP contribution is 2.24. The first-order valence-corrected chi connectivity index (χ1v) is 6.24. The van der Waals surface area contributed by atoms with Gasteiger partial charge in [0.1, 0.15) is 6.33 Å². The molecule has 0 spiro atoms. The predicted octanol–water partition coefficient (Wildman–Crippen LogP) is 2.68. The average molecular weight is 268 g/mol. The highest BCUT2D eigenvalue weighted by Gasteiger charge is 2.08. The Morgan fingerprint density at radius 3 is 2.68 bits per heavy atom. The number of imidazole rings is 1. The first-order valence-electron chi connectivity index (χ1n) is 5.83. The van der Waals surface area contributed by atoms with Crippen molar-refractivity contribution in [1.82, 2.24) is 9.55 Å². The first kappa shape index (κ1) is 11.7. The molecular formula is C14H12N4S. The van der Waals surface area contributed by atoms with Crippen LogP contribution < -0.4 is 11.1 Å². The topological polar surface area (TPSA) is 55.9 Å². The van der Waals surface area contributed by atoms with Gasteiger partial charge in [-0.05, 0) is 36.5 Å². The summed E-state index contributed by atoms with van der Waals surface area (Å²) < 4.78 is 2.01. The van der Waals surface area contributed by atoms with E-state index in [2.05, 4.69) is 10.3 Å². The Bertz CT molecular complexity index is 748. The molecule has 0 saturated carbocycles. The summed E-state index contributed by atoms with van der Waals surface area (Å²) in [4.78, 5) is 4.39. The molecule has 94 valence electrons. The Balaban J connectivity index is 2.19. The number of hydrogen-bond acceptors (Lipinski definition) is 2. The maximum Gasteiger partial charge on any atom is 0.168 e. The Morgan fingerprint density at radius 2 is 1.84 bits per heavy atom. The van der Waals surface area contributed by atoms with Crippen molar-refractivity contribution >= 4 is 34.1 Å². The van der Waals surface area contributed by atoms with Crippen molar-refractivity contribution in [3.05, 3.63) is 54.9 Å². The van der Waals surface area contributed by atoms with Gasteiger partial charge in [0.2, 0.25) is 0 Å². The fourth-order valence-corrected chi connectivity index (χ4v) is 2.18. The highest BCUT2D eigenvalue weighted by molar-refractivity contribution is 7.80. The summed E-state index contributed by atoms with van der Waals surface area (Å²) in [7, 11) is 0. The van der Waals surface area contributed by atoms with Crippen LogP contribution >= 0.6 is 12.2 Å². The zero-order chi connectivity index (χ0) is 13.2. The lowest BCUT2D eigenvalue weighted by molar-refractivity contribution is 1.09. The van der Waals surface area contributed by atoms with Crippen molar-refractivity contribution in [3.8, 4) is 5.69 Å². The normalized spacial score (nSPS) is 10.5. The van der Waals surface area contributed by atoms with Gasteiger partial charge in [0, 0.05) is 0 Å². The van der Waals surface area contributed by atoms with Gasteiger partial charge in [-0.15, -0.1) is 0 Å². The summed E-state index contributed by atoms with van der Waals surface area (Å²) >= 11 is 4.90. The molecule has 3 N–H and O–H groups in total. The van der Waals surface area contributed by atoms with E-state index in [9.17, 15) is 0 Å². The van der Waals surface area contributed by atoms with E-state index in [0.717, 1.165) is 22.4 Å². The third-order valence-corrected chi connectivity index (χ3v) is 2.98. The number of nitrogens with zero attached hydrogens (tertiary/aromatic N) is 2. The molecule has 1 heterocycles. The molecule has 3 aromatic rings. The molecule has 3 rings (SSSR count). The maximum absolute atomic E-state index is 5.55. The molecule has 19 heavy (non-hydrogen) atoms. The van der Waals surface area contributed by atoms with Crippen LogP contribution in [0.3, 0.4) is 0 Å². The van der Waals surface area contributed by atoms with E-state index in [1.165, 1.54) is 0 Å². The van der Waals surface area contributed by atoms with Crippen LogP contribution in [0.5, 0.6) is 0 Å². The Kier molecular flexibility index (Phi) is 2.89. The number of nitrogens with one attached hydrogen (secondary N) is 1. The van der Waals surface area contributed by atoms with E-state index in [0.29, 0.717) is 0 Å². The minimum Gasteiger partial charge on any atom is -0.376 e. The third kappa shape index (κ3) is 2.15. The van der Waals surface area contributed by atoms with Gasteiger partial charge in [0.25, 0.3) is 0 Å². The fourth-order valence-electron chi connectivity index (χ4n) is 2.07. The van der Waals surface area contributed by atoms with Crippen molar-refractivity contribution in [2.24, 2.45) is 5.73 Å². The summed E-state index contributed by atoms with van der Waals surface area (Å²) in [5.74, 6) is 0. The van der Waals surface area contributed by atoms with Gasteiger partial charge in [0.15, 0.2) is 5.11 Å². The van der Waals surface area contributed by atoms with Crippen molar-refractivity contribution in [3.63, 3.8) is 0 Å². The van der Waals surface area contributed by atoms with Crippen LogP contribution in [0.2, 0.25) is 0 Å². The Hall–Kier alpha value is -2.40. The third-order valence-electron chi connectivity index (χ3n) is 2.88. The lowest BCUT2D eigenvalue weighted by atomic mass is 10.2. The molecule has 0 saturated heterocycles. The van der Waals surface area contributed by atoms with Crippen LogP contribution in [0.15, 0.2) is 54.9 Å². The number of aromatic nitrogens is 2. The predicted molar refractivity (Wildman–Crippen MR) is 81.5 cm³/mol. The van der Waals surface area contributed by atoms with Gasteiger partial charge in [-0.25, -0.2) is 4.98 Å². The standard InChI is InChI=1S/C14H12N4S/c15-14(19)17-11-6-2-4-8-13(11)18-9-16-10-5-1-3-7-12(10)18/h1-9H,(H3,15,17,19). The van der Waals surface area contributed by atoms with E-state index >= 15 is 0 Å². The minimum atomic E-state index is 0.247. The van der Waals surface area contributed by atoms with Gasteiger partial charge in [-0.3, -0.25) is 4.57 Å². The van der Waals surface area contributed by atoms with E-state index in [1.54, 1.807) is 6.33 Å². The molecule has 0 aliphatic rings. The van der Waals surface area contributed by atoms with Gasteiger partial charge in [-0.2, -0.15) is 0 Å². The number of benzene rings is 2. The quantitative estimate of drug-likeness (QED) is 0.702. The lowest BCUT2D eigenvalue weighted by Crippen LogP contribution is -2.19. The number of rotatable bonds is 2. The molecule has 0 atom stereocenters. The molecule has 0 aliphatic heterocycles. The van der Waals surface area contributed by atoms with Gasteiger partial charge >= 0.3 is 0 Å². The van der Waals surface area contributed by atoms with Gasteiger partial charge in [0.05, 0.1) is 22.4 Å². The minimum absolute atomic E-state index is 0.247. The largest absolute Gasteiger partial charge is 0.376 e. The summed E-state index contributed by atoms with van der Waals surface area (Å²) in [5.41, 5.74) is 9.37. The molecule has 0 unspecified atom stereocenters. The van der Waals surface area contributed by atoms with Crippen LogP contribution in [0.4, 0.5) is 5.69 Å². The van der Waals surface area contributed by atoms with Crippen LogP contribution in [0.1, 0.15) is 0 Å². The molecule has 4 nitrogen and oxygen atoms in total. The van der Waals surface area contributed by atoms with Crippen molar-refractivity contribution < 1.29 is 0 Å². The first-order chi connectivity index (χ1) is 9.25. The average Bonchev–Trinajstić information content (AvgIpc) is 2.82. The molecule has 0 aliphatic carbocycles. The molecule has 0 amide bonds. The number of para-hydroxylation sites is 4. The molecule has 0 radical (unpaired) electrons. The zero-order valence-electron chi connectivity index (χ0n) is 10.1. The molecule has 0 fully saturated rings. The second kappa shape index (κ2) is 4.70. The summed E-state index contributed by atoms with van der Waals surface area (Å²) in [5, 5.41) is 3.23. The Morgan fingerprint density at radius 1 is 1.11 bits per heavy atom. The monoisotopic (exact) mass is 268 g/mol.